The van der Waals surface area contributed by atoms with Gasteiger partial charge in [0.2, 0.25) is 0 Å². The first-order valence-corrected chi connectivity index (χ1v) is 6.00. The van der Waals surface area contributed by atoms with Crippen molar-refractivity contribution in [3.05, 3.63) is 34.3 Å². The largest absolute Gasteiger partial charge is 0.380 e. The smallest absolute Gasteiger partial charge is 0.0554 e. The minimum atomic E-state index is 0.334. The fourth-order valence-corrected chi connectivity index (χ4v) is 2.14. The molecule has 1 heterocycles. The third-order valence-electron chi connectivity index (χ3n) is 3.07. The lowest BCUT2D eigenvalue weighted by Gasteiger charge is -2.38. The second-order valence-electron chi connectivity index (χ2n) is 4.98. The van der Waals surface area contributed by atoms with Gasteiger partial charge in [0.05, 0.1) is 13.2 Å². The number of aryl methyl sites for hydroxylation is 1. The molecule has 0 saturated carbocycles. The van der Waals surface area contributed by atoms with Crippen LogP contribution in [0.25, 0.3) is 0 Å². The van der Waals surface area contributed by atoms with E-state index >= 15 is 0 Å². The molecular formula is C13H18ClNO. The lowest BCUT2D eigenvalue weighted by atomic mass is 9.88. The minimum Gasteiger partial charge on any atom is -0.380 e. The van der Waals surface area contributed by atoms with Gasteiger partial charge in [-0.05, 0) is 30.2 Å². The first-order valence-electron chi connectivity index (χ1n) is 5.63. The number of hydrogen-bond donors (Lipinski definition) is 1. The number of benzene rings is 1. The molecule has 1 aromatic carbocycles. The summed E-state index contributed by atoms with van der Waals surface area (Å²) in [6.07, 6.45) is 0. The Balaban J connectivity index is 1.85. The molecule has 1 aliphatic rings. The molecule has 0 amide bonds. The number of rotatable bonds is 4. The lowest BCUT2D eigenvalue weighted by Crippen LogP contribution is -2.47. The van der Waals surface area contributed by atoms with Gasteiger partial charge >= 0.3 is 0 Å². The van der Waals surface area contributed by atoms with E-state index in [0.29, 0.717) is 5.41 Å². The molecule has 0 atom stereocenters. The topological polar surface area (TPSA) is 21.3 Å². The Labute approximate surface area is 102 Å². The predicted octanol–water partition coefficient (Wildman–Crippen LogP) is 2.77. The van der Waals surface area contributed by atoms with Crippen molar-refractivity contribution in [2.45, 2.75) is 20.4 Å². The van der Waals surface area contributed by atoms with Crippen LogP contribution in [0.15, 0.2) is 18.2 Å². The number of nitrogens with one attached hydrogen (secondary N) is 1. The Hall–Kier alpha value is -0.570. The third-order valence-corrected chi connectivity index (χ3v) is 3.31. The molecule has 2 rings (SSSR count). The van der Waals surface area contributed by atoms with Crippen LogP contribution in [0.2, 0.25) is 5.02 Å². The molecule has 0 radical (unpaired) electrons. The summed E-state index contributed by atoms with van der Waals surface area (Å²) in [5.74, 6) is 0. The Morgan fingerprint density at radius 3 is 2.75 bits per heavy atom. The van der Waals surface area contributed by atoms with Crippen LogP contribution >= 0.6 is 11.6 Å². The average molecular weight is 240 g/mol. The first-order chi connectivity index (χ1) is 7.59. The number of hydrogen-bond acceptors (Lipinski definition) is 2. The van der Waals surface area contributed by atoms with E-state index in [-0.39, 0.29) is 0 Å². The summed E-state index contributed by atoms with van der Waals surface area (Å²) in [7, 11) is 0. The Kier molecular flexibility index (Phi) is 3.53. The average Bonchev–Trinajstić information content (AvgIpc) is 2.19. The van der Waals surface area contributed by atoms with E-state index in [9.17, 15) is 0 Å². The van der Waals surface area contributed by atoms with Gasteiger partial charge in [-0.1, -0.05) is 24.6 Å². The quantitative estimate of drug-likeness (QED) is 0.873. The van der Waals surface area contributed by atoms with E-state index < -0.39 is 0 Å². The highest BCUT2D eigenvalue weighted by atomic mass is 35.5. The van der Waals surface area contributed by atoms with Crippen LogP contribution in [0, 0.1) is 12.3 Å². The van der Waals surface area contributed by atoms with Gasteiger partial charge in [-0.2, -0.15) is 0 Å². The van der Waals surface area contributed by atoms with Crippen LogP contribution in [0.3, 0.4) is 0 Å². The van der Waals surface area contributed by atoms with Crippen molar-refractivity contribution in [3.8, 4) is 0 Å². The van der Waals surface area contributed by atoms with Crippen molar-refractivity contribution in [3.63, 3.8) is 0 Å². The molecule has 2 nitrogen and oxygen atoms in total. The lowest BCUT2D eigenvalue weighted by molar-refractivity contribution is -0.0991. The summed E-state index contributed by atoms with van der Waals surface area (Å²) in [6, 6.07) is 6.04. The third kappa shape index (κ3) is 2.76. The maximum absolute atomic E-state index is 5.92. The summed E-state index contributed by atoms with van der Waals surface area (Å²) < 4.78 is 5.22. The molecule has 1 saturated heterocycles. The Morgan fingerprint density at radius 1 is 1.44 bits per heavy atom. The molecule has 0 bridgehead atoms. The van der Waals surface area contributed by atoms with E-state index in [4.69, 9.17) is 16.3 Å². The molecule has 3 heteroatoms. The van der Waals surface area contributed by atoms with Crippen molar-refractivity contribution in [1.82, 2.24) is 5.32 Å². The first kappa shape index (κ1) is 11.9. The highest BCUT2D eigenvalue weighted by Crippen LogP contribution is 2.25. The number of halogens is 1. The second-order valence-corrected chi connectivity index (χ2v) is 5.41. The van der Waals surface area contributed by atoms with Crippen LogP contribution < -0.4 is 5.32 Å². The van der Waals surface area contributed by atoms with Gasteiger partial charge in [-0.25, -0.2) is 0 Å². The van der Waals surface area contributed by atoms with Gasteiger partial charge in [-0.3, -0.25) is 0 Å². The molecule has 88 valence electrons. The zero-order chi connectivity index (χ0) is 11.6. The molecule has 1 fully saturated rings. The summed E-state index contributed by atoms with van der Waals surface area (Å²) >= 11 is 5.92. The monoisotopic (exact) mass is 239 g/mol. The van der Waals surface area contributed by atoms with Crippen LogP contribution in [0.1, 0.15) is 18.1 Å². The van der Waals surface area contributed by atoms with Gasteiger partial charge in [-0.15, -0.1) is 0 Å². The predicted molar refractivity (Wildman–Crippen MR) is 66.8 cm³/mol. The van der Waals surface area contributed by atoms with Crippen molar-refractivity contribution >= 4 is 11.6 Å². The second kappa shape index (κ2) is 4.74. The molecule has 16 heavy (non-hydrogen) atoms. The van der Waals surface area contributed by atoms with Crippen molar-refractivity contribution in [2.24, 2.45) is 5.41 Å². The maximum atomic E-state index is 5.92. The Bertz CT molecular complexity index is 374. The SMILES string of the molecule is Cc1cc(Cl)ccc1CNCC1(C)COC1. The van der Waals surface area contributed by atoms with Crippen molar-refractivity contribution in [1.29, 1.82) is 0 Å². The van der Waals surface area contributed by atoms with E-state index in [2.05, 4.69) is 25.2 Å². The molecule has 0 aliphatic carbocycles. The molecule has 1 N–H and O–H groups in total. The van der Waals surface area contributed by atoms with Crippen LogP contribution in [0.5, 0.6) is 0 Å². The molecule has 0 unspecified atom stereocenters. The minimum absolute atomic E-state index is 0.334. The van der Waals surface area contributed by atoms with Crippen molar-refractivity contribution in [2.75, 3.05) is 19.8 Å². The van der Waals surface area contributed by atoms with Crippen LogP contribution in [-0.2, 0) is 11.3 Å². The van der Waals surface area contributed by atoms with E-state index in [0.717, 1.165) is 31.3 Å². The molecule has 1 aromatic rings. The van der Waals surface area contributed by atoms with Crippen LogP contribution in [-0.4, -0.2) is 19.8 Å². The number of ether oxygens (including phenoxy) is 1. The standard InChI is InChI=1S/C13H18ClNO/c1-10-5-12(14)4-3-11(10)6-15-7-13(2)8-16-9-13/h3-5,15H,6-9H2,1-2H3. The fourth-order valence-electron chi connectivity index (χ4n) is 1.91. The summed E-state index contributed by atoms with van der Waals surface area (Å²) in [4.78, 5) is 0. The normalized spacial score (nSPS) is 18.2. The van der Waals surface area contributed by atoms with E-state index in [1.807, 2.05) is 12.1 Å². The molecule has 0 spiro atoms. The van der Waals surface area contributed by atoms with Crippen molar-refractivity contribution < 1.29 is 4.74 Å². The zero-order valence-corrected chi connectivity index (χ0v) is 10.6. The summed E-state index contributed by atoms with van der Waals surface area (Å²) in [6.45, 7) is 8.00. The molecule has 1 aliphatic heterocycles. The molecule has 0 aromatic heterocycles. The summed E-state index contributed by atoms with van der Waals surface area (Å²) in [5, 5.41) is 4.29. The van der Waals surface area contributed by atoms with Gasteiger partial charge in [0.1, 0.15) is 0 Å². The van der Waals surface area contributed by atoms with Gasteiger partial charge in [0.15, 0.2) is 0 Å². The fraction of sp³-hybridized carbons (Fsp3) is 0.538. The summed E-state index contributed by atoms with van der Waals surface area (Å²) in [5.41, 5.74) is 2.89. The van der Waals surface area contributed by atoms with Gasteiger partial charge in [0, 0.05) is 23.5 Å². The van der Waals surface area contributed by atoms with Crippen LogP contribution in [0.4, 0.5) is 0 Å². The zero-order valence-electron chi connectivity index (χ0n) is 9.85. The maximum Gasteiger partial charge on any atom is 0.0554 e. The van der Waals surface area contributed by atoms with Gasteiger partial charge < -0.3 is 10.1 Å². The highest BCUT2D eigenvalue weighted by Gasteiger charge is 2.32. The van der Waals surface area contributed by atoms with E-state index in [1.54, 1.807) is 0 Å². The Morgan fingerprint density at radius 2 is 2.19 bits per heavy atom. The molecular weight excluding hydrogens is 222 g/mol. The highest BCUT2D eigenvalue weighted by molar-refractivity contribution is 6.30. The van der Waals surface area contributed by atoms with E-state index in [1.165, 1.54) is 11.1 Å². The van der Waals surface area contributed by atoms with Gasteiger partial charge in [0.25, 0.3) is 0 Å².